The fourth-order valence-corrected chi connectivity index (χ4v) is 4.06. The van der Waals surface area contributed by atoms with Crippen LogP contribution in [0.15, 0.2) is 34.8 Å². The third-order valence-corrected chi connectivity index (χ3v) is 5.70. The predicted octanol–water partition coefficient (Wildman–Crippen LogP) is 2.42. The summed E-state index contributed by atoms with van der Waals surface area (Å²) in [7, 11) is 0. The number of aromatic nitrogens is 1. The standard InChI is InChI=1S/C22H21F2N3O4/c1-11-3-4-26-9-13(5-11)27-10-15(19(28)20(29)18(27)22(26)31)21(30)25-8-14-16(23)6-12(2)7-17(14)24/h3,6-7,10,13,29H,4-5,8-9H2,1-2H3,(H,25,30). The normalized spacial score (nSPS) is 17.7. The second-order valence-corrected chi connectivity index (χ2v) is 7.98. The van der Waals surface area contributed by atoms with Crippen LogP contribution in [0.3, 0.4) is 0 Å². The molecule has 2 aliphatic rings. The maximum atomic E-state index is 14.0. The lowest BCUT2D eigenvalue weighted by Crippen LogP contribution is -2.44. The number of aryl methyl sites for hydroxylation is 1. The number of aromatic hydroxyl groups is 1. The third kappa shape index (κ3) is 3.60. The Labute approximate surface area is 176 Å². The zero-order valence-corrected chi connectivity index (χ0v) is 17.0. The molecule has 0 aliphatic carbocycles. The minimum atomic E-state index is -1.01. The summed E-state index contributed by atoms with van der Waals surface area (Å²) in [6.07, 6.45) is 3.74. The van der Waals surface area contributed by atoms with Crippen LogP contribution in [0, 0.1) is 18.6 Å². The number of fused-ring (bicyclic) bond motifs is 4. The molecule has 1 unspecified atom stereocenters. The highest BCUT2D eigenvalue weighted by atomic mass is 19.1. The smallest absolute Gasteiger partial charge is 0.274 e. The summed E-state index contributed by atoms with van der Waals surface area (Å²) in [5.74, 6) is -3.82. The molecule has 4 rings (SSSR count). The number of hydrogen-bond donors (Lipinski definition) is 2. The molecule has 2 N–H and O–H groups in total. The average molecular weight is 429 g/mol. The Hall–Kier alpha value is -3.49. The molecule has 1 atom stereocenters. The molecule has 31 heavy (non-hydrogen) atoms. The van der Waals surface area contributed by atoms with Crippen molar-refractivity contribution in [2.75, 3.05) is 13.1 Å². The van der Waals surface area contributed by atoms with Gasteiger partial charge in [0.15, 0.2) is 11.4 Å². The molecule has 3 heterocycles. The molecular formula is C22H21F2N3O4. The van der Waals surface area contributed by atoms with Crippen LogP contribution in [0.2, 0.25) is 0 Å². The molecular weight excluding hydrogens is 408 g/mol. The van der Waals surface area contributed by atoms with Gasteiger partial charge in [0.2, 0.25) is 5.43 Å². The number of allylic oxidation sites excluding steroid dienone is 1. The fraction of sp³-hybridized carbons (Fsp3) is 0.318. The van der Waals surface area contributed by atoms with Crippen molar-refractivity contribution in [1.82, 2.24) is 14.8 Å². The largest absolute Gasteiger partial charge is 0.503 e. The molecule has 0 fully saturated rings. The van der Waals surface area contributed by atoms with E-state index < -0.39 is 46.7 Å². The number of nitrogens with one attached hydrogen (secondary N) is 1. The van der Waals surface area contributed by atoms with Gasteiger partial charge in [-0.2, -0.15) is 0 Å². The third-order valence-electron chi connectivity index (χ3n) is 5.70. The Morgan fingerprint density at radius 2 is 1.90 bits per heavy atom. The van der Waals surface area contributed by atoms with E-state index in [2.05, 4.69) is 5.32 Å². The van der Waals surface area contributed by atoms with E-state index in [1.165, 1.54) is 17.7 Å². The SMILES string of the molecule is CC1=CCN2CC(C1)n1cc(C(=O)NCc3c(F)cc(C)cc3F)c(=O)c(O)c1C2=O. The molecule has 2 aromatic rings. The topological polar surface area (TPSA) is 91.6 Å². The van der Waals surface area contributed by atoms with Crippen molar-refractivity contribution >= 4 is 11.8 Å². The zero-order valence-electron chi connectivity index (χ0n) is 17.0. The highest BCUT2D eigenvalue weighted by Gasteiger charge is 2.36. The number of amides is 2. The molecule has 0 saturated carbocycles. The van der Waals surface area contributed by atoms with Crippen LogP contribution in [0.5, 0.6) is 5.75 Å². The Kier molecular flexibility index (Phi) is 5.12. The first kappa shape index (κ1) is 20.8. The van der Waals surface area contributed by atoms with Gasteiger partial charge in [-0.3, -0.25) is 14.4 Å². The summed E-state index contributed by atoms with van der Waals surface area (Å²) in [5.41, 5.74) is -0.460. The van der Waals surface area contributed by atoms with Crippen LogP contribution in [0.4, 0.5) is 8.78 Å². The second-order valence-electron chi connectivity index (χ2n) is 7.98. The van der Waals surface area contributed by atoms with Crippen LogP contribution in [0.1, 0.15) is 51.4 Å². The molecule has 0 spiro atoms. The molecule has 2 amide bonds. The lowest BCUT2D eigenvalue weighted by molar-refractivity contribution is 0.0687. The van der Waals surface area contributed by atoms with Crippen molar-refractivity contribution < 1.29 is 23.5 Å². The molecule has 9 heteroatoms. The summed E-state index contributed by atoms with van der Waals surface area (Å²) in [5, 5.41) is 12.8. The van der Waals surface area contributed by atoms with E-state index in [1.54, 1.807) is 4.90 Å². The molecule has 7 nitrogen and oxygen atoms in total. The lowest BCUT2D eigenvalue weighted by atomic mass is 10.0. The van der Waals surface area contributed by atoms with Gasteiger partial charge in [-0.25, -0.2) is 8.78 Å². The van der Waals surface area contributed by atoms with Gasteiger partial charge in [0.25, 0.3) is 11.8 Å². The maximum absolute atomic E-state index is 14.0. The van der Waals surface area contributed by atoms with Crippen LogP contribution in [-0.2, 0) is 6.54 Å². The summed E-state index contributed by atoms with van der Waals surface area (Å²) in [6, 6.07) is 2.03. The van der Waals surface area contributed by atoms with Crippen molar-refractivity contribution in [2.45, 2.75) is 32.9 Å². The Balaban J connectivity index is 1.68. The van der Waals surface area contributed by atoms with E-state index in [-0.39, 0.29) is 17.3 Å². The van der Waals surface area contributed by atoms with E-state index in [0.29, 0.717) is 25.1 Å². The molecule has 0 radical (unpaired) electrons. The molecule has 2 bridgehead atoms. The van der Waals surface area contributed by atoms with Gasteiger partial charge in [0.1, 0.15) is 17.2 Å². The highest BCUT2D eigenvalue weighted by Crippen LogP contribution is 2.32. The van der Waals surface area contributed by atoms with Gasteiger partial charge in [0, 0.05) is 31.4 Å². The van der Waals surface area contributed by atoms with Crippen LogP contribution in [0.25, 0.3) is 0 Å². The predicted molar refractivity (Wildman–Crippen MR) is 108 cm³/mol. The van der Waals surface area contributed by atoms with E-state index >= 15 is 0 Å². The van der Waals surface area contributed by atoms with Gasteiger partial charge in [-0.1, -0.05) is 11.6 Å². The van der Waals surface area contributed by atoms with Gasteiger partial charge >= 0.3 is 0 Å². The lowest BCUT2D eigenvalue weighted by Gasteiger charge is -2.34. The van der Waals surface area contributed by atoms with Crippen LogP contribution in [-0.4, -0.2) is 39.5 Å². The van der Waals surface area contributed by atoms with Crippen LogP contribution < -0.4 is 10.7 Å². The highest BCUT2D eigenvalue weighted by molar-refractivity contribution is 5.99. The number of benzene rings is 1. The second kappa shape index (κ2) is 7.64. The number of hydrogen-bond acceptors (Lipinski definition) is 4. The summed E-state index contributed by atoms with van der Waals surface area (Å²) in [6.45, 7) is 3.75. The summed E-state index contributed by atoms with van der Waals surface area (Å²) < 4.78 is 29.6. The molecule has 1 aromatic carbocycles. The first-order valence-electron chi connectivity index (χ1n) is 9.83. The van der Waals surface area contributed by atoms with Gasteiger partial charge in [0.05, 0.1) is 6.04 Å². The van der Waals surface area contributed by atoms with Crippen molar-refractivity contribution in [2.24, 2.45) is 0 Å². The number of halogens is 2. The van der Waals surface area contributed by atoms with E-state index in [0.717, 1.165) is 17.7 Å². The van der Waals surface area contributed by atoms with Crippen molar-refractivity contribution in [3.63, 3.8) is 0 Å². The monoisotopic (exact) mass is 429 g/mol. The summed E-state index contributed by atoms with van der Waals surface area (Å²) >= 11 is 0. The first-order chi connectivity index (χ1) is 14.7. The Bertz CT molecular complexity index is 1180. The molecule has 162 valence electrons. The first-order valence-corrected chi connectivity index (χ1v) is 9.83. The molecule has 2 aliphatic heterocycles. The quantitative estimate of drug-likeness (QED) is 0.733. The number of nitrogens with zero attached hydrogens (tertiary/aromatic N) is 2. The minimum absolute atomic E-state index is 0.156. The number of pyridine rings is 1. The minimum Gasteiger partial charge on any atom is -0.503 e. The fourth-order valence-electron chi connectivity index (χ4n) is 4.06. The molecule has 1 aromatic heterocycles. The maximum Gasteiger partial charge on any atom is 0.274 e. The average Bonchev–Trinajstić information content (AvgIpc) is 2.87. The van der Waals surface area contributed by atoms with Gasteiger partial charge in [-0.15, -0.1) is 0 Å². The van der Waals surface area contributed by atoms with Gasteiger partial charge in [-0.05, 0) is 38.0 Å². The number of rotatable bonds is 3. The number of carbonyl (C=O) groups excluding carboxylic acids is 2. The Morgan fingerprint density at radius 1 is 1.23 bits per heavy atom. The van der Waals surface area contributed by atoms with Crippen LogP contribution >= 0.6 is 0 Å². The van der Waals surface area contributed by atoms with E-state index in [4.69, 9.17) is 0 Å². The van der Waals surface area contributed by atoms with E-state index in [1.807, 2.05) is 13.0 Å². The van der Waals surface area contributed by atoms with Crippen molar-refractivity contribution in [1.29, 1.82) is 0 Å². The van der Waals surface area contributed by atoms with Crippen molar-refractivity contribution in [3.05, 3.63) is 74.2 Å². The summed E-state index contributed by atoms with van der Waals surface area (Å²) in [4.78, 5) is 39.6. The van der Waals surface area contributed by atoms with E-state index in [9.17, 15) is 28.3 Å². The molecule has 0 saturated heterocycles. The zero-order chi connectivity index (χ0) is 22.4. The number of carbonyl (C=O) groups is 2. The Morgan fingerprint density at radius 3 is 2.58 bits per heavy atom. The van der Waals surface area contributed by atoms with Gasteiger partial charge < -0.3 is 19.9 Å². The van der Waals surface area contributed by atoms with Crippen molar-refractivity contribution in [3.8, 4) is 5.75 Å².